The van der Waals surface area contributed by atoms with Crippen molar-refractivity contribution >= 4 is 23.2 Å². The zero-order valence-corrected chi connectivity index (χ0v) is 11.5. The summed E-state index contributed by atoms with van der Waals surface area (Å²) < 4.78 is 5.27. The number of hydrogen-bond acceptors (Lipinski definition) is 3. The molecule has 0 bridgehead atoms. The van der Waals surface area contributed by atoms with Crippen molar-refractivity contribution in [3.05, 3.63) is 53.6 Å². The summed E-state index contributed by atoms with van der Waals surface area (Å²) in [5.74, 6) is 0.212. The molecule has 0 radical (unpaired) electrons. The van der Waals surface area contributed by atoms with Crippen LogP contribution in [-0.2, 0) is 4.79 Å². The van der Waals surface area contributed by atoms with Crippen LogP contribution in [0.4, 0.5) is 11.4 Å². The zero-order chi connectivity index (χ0) is 14.8. The minimum absolute atomic E-state index is 0.0158. The van der Waals surface area contributed by atoms with Crippen molar-refractivity contribution in [2.75, 3.05) is 17.2 Å². The molecule has 2 amide bonds. The Bertz CT molecular complexity index is 725. The van der Waals surface area contributed by atoms with E-state index in [1.165, 1.54) is 0 Å². The number of amides is 2. The number of hydrogen-bond donors (Lipinski definition) is 2. The fourth-order valence-electron chi connectivity index (χ4n) is 2.19. The van der Waals surface area contributed by atoms with Crippen LogP contribution in [-0.4, -0.2) is 18.4 Å². The lowest BCUT2D eigenvalue weighted by Gasteiger charge is -2.18. The predicted molar refractivity (Wildman–Crippen MR) is 79.7 cm³/mol. The maximum Gasteiger partial charge on any atom is 0.262 e. The maximum atomic E-state index is 12.2. The first-order valence-electron chi connectivity index (χ1n) is 6.57. The maximum absolute atomic E-state index is 12.2. The number of aryl methyl sites for hydroxylation is 1. The fourth-order valence-corrected chi connectivity index (χ4v) is 2.19. The normalized spacial score (nSPS) is 12.9. The van der Waals surface area contributed by atoms with Gasteiger partial charge in [0.15, 0.2) is 6.61 Å². The highest BCUT2D eigenvalue weighted by Gasteiger charge is 2.17. The van der Waals surface area contributed by atoms with Gasteiger partial charge in [0.2, 0.25) is 0 Å². The van der Waals surface area contributed by atoms with Crippen molar-refractivity contribution in [1.29, 1.82) is 0 Å². The van der Waals surface area contributed by atoms with Gasteiger partial charge in [-0.3, -0.25) is 9.59 Å². The van der Waals surface area contributed by atoms with Crippen LogP contribution in [0, 0.1) is 6.92 Å². The molecule has 1 heterocycles. The molecule has 0 atom stereocenters. The molecule has 2 N–H and O–H groups in total. The average molecular weight is 282 g/mol. The molecular formula is C16H14N2O3. The Morgan fingerprint density at radius 2 is 2.05 bits per heavy atom. The molecule has 0 saturated heterocycles. The number of nitrogens with one attached hydrogen (secondary N) is 2. The number of rotatable bonds is 2. The number of fused-ring (bicyclic) bond motifs is 1. The number of anilines is 2. The van der Waals surface area contributed by atoms with E-state index >= 15 is 0 Å². The Labute approximate surface area is 121 Å². The molecule has 106 valence electrons. The first kappa shape index (κ1) is 13.2. The molecular weight excluding hydrogens is 268 g/mol. The van der Waals surface area contributed by atoms with Crippen molar-refractivity contribution in [3.63, 3.8) is 0 Å². The Hall–Kier alpha value is -2.82. The Balaban J connectivity index is 1.82. The molecule has 0 unspecified atom stereocenters. The standard InChI is InChI=1S/C16H14N2O3/c1-10-4-2-3-5-12(10)16(20)17-11-6-7-14-13(8-11)18-15(19)9-21-14/h2-8H,9H2,1H3,(H,17,20)(H,18,19). The van der Waals surface area contributed by atoms with Crippen molar-refractivity contribution in [1.82, 2.24) is 0 Å². The van der Waals surface area contributed by atoms with Gasteiger partial charge >= 0.3 is 0 Å². The van der Waals surface area contributed by atoms with Crippen LogP contribution >= 0.6 is 0 Å². The summed E-state index contributed by atoms with van der Waals surface area (Å²) in [6.07, 6.45) is 0. The molecule has 0 aliphatic carbocycles. The lowest BCUT2D eigenvalue weighted by atomic mass is 10.1. The fraction of sp³-hybridized carbons (Fsp3) is 0.125. The second-order valence-corrected chi connectivity index (χ2v) is 4.82. The molecule has 1 aliphatic heterocycles. The molecule has 0 fully saturated rings. The SMILES string of the molecule is Cc1ccccc1C(=O)Nc1ccc2c(c1)NC(=O)CO2. The van der Waals surface area contributed by atoms with Gasteiger partial charge in [-0.05, 0) is 36.8 Å². The Morgan fingerprint density at radius 3 is 2.86 bits per heavy atom. The second kappa shape index (κ2) is 5.28. The minimum Gasteiger partial charge on any atom is -0.482 e. The first-order chi connectivity index (χ1) is 10.1. The van der Waals surface area contributed by atoms with Crippen LogP contribution in [0.1, 0.15) is 15.9 Å². The highest BCUT2D eigenvalue weighted by Crippen LogP contribution is 2.30. The molecule has 2 aromatic rings. The highest BCUT2D eigenvalue weighted by atomic mass is 16.5. The van der Waals surface area contributed by atoms with E-state index in [4.69, 9.17) is 4.74 Å². The molecule has 0 spiro atoms. The summed E-state index contributed by atoms with van der Waals surface area (Å²) in [5, 5.41) is 5.53. The van der Waals surface area contributed by atoms with Gasteiger partial charge in [-0.25, -0.2) is 0 Å². The lowest BCUT2D eigenvalue weighted by molar-refractivity contribution is -0.118. The Morgan fingerprint density at radius 1 is 1.24 bits per heavy atom. The van der Waals surface area contributed by atoms with E-state index in [-0.39, 0.29) is 18.4 Å². The zero-order valence-electron chi connectivity index (χ0n) is 11.5. The minimum atomic E-state index is -0.204. The average Bonchev–Trinajstić information content (AvgIpc) is 2.47. The first-order valence-corrected chi connectivity index (χ1v) is 6.57. The topological polar surface area (TPSA) is 67.4 Å². The summed E-state index contributed by atoms with van der Waals surface area (Å²) in [7, 11) is 0. The van der Waals surface area contributed by atoms with Crippen LogP contribution in [0.2, 0.25) is 0 Å². The van der Waals surface area contributed by atoms with E-state index in [0.29, 0.717) is 22.7 Å². The number of ether oxygens (including phenoxy) is 1. The second-order valence-electron chi connectivity index (χ2n) is 4.82. The molecule has 2 aromatic carbocycles. The summed E-state index contributed by atoms with van der Waals surface area (Å²) in [5.41, 5.74) is 2.70. The molecule has 3 rings (SSSR count). The van der Waals surface area contributed by atoms with Gasteiger partial charge in [0.25, 0.3) is 11.8 Å². The van der Waals surface area contributed by atoms with Crippen LogP contribution in [0.3, 0.4) is 0 Å². The quantitative estimate of drug-likeness (QED) is 0.889. The third-order valence-electron chi connectivity index (χ3n) is 3.26. The van der Waals surface area contributed by atoms with Gasteiger partial charge in [0.1, 0.15) is 5.75 Å². The van der Waals surface area contributed by atoms with Crippen molar-refractivity contribution in [2.45, 2.75) is 6.92 Å². The van der Waals surface area contributed by atoms with Crippen LogP contribution in [0.15, 0.2) is 42.5 Å². The summed E-state index contributed by atoms with van der Waals surface area (Å²) in [6.45, 7) is 1.90. The van der Waals surface area contributed by atoms with Gasteiger partial charge in [-0.1, -0.05) is 18.2 Å². The van der Waals surface area contributed by atoms with E-state index < -0.39 is 0 Å². The van der Waals surface area contributed by atoms with Crippen LogP contribution in [0.25, 0.3) is 0 Å². The molecule has 21 heavy (non-hydrogen) atoms. The molecule has 5 nitrogen and oxygen atoms in total. The van der Waals surface area contributed by atoms with E-state index in [1.54, 1.807) is 24.3 Å². The van der Waals surface area contributed by atoms with Crippen molar-refractivity contribution in [3.8, 4) is 5.75 Å². The third kappa shape index (κ3) is 2.72. The van der Waals surface area contributed by atoms with Gasteiger partial charge in [0, 0.05) is 11.3 Å². The largest absolute Gasteiger partial charge is 0.482 e. The molecule has 5 heteroatoms. The molecule has 0 aromatic heterocycles. The summed E-state index contributed by atoms with van der Waals surface area (Å²) in [4.78, 5) is 23.5. The van der Waals surface area contributed by atoms with E-state index in [1.807, 2.05) is 25.1 Å². The van der Waals surface area contributed by atoms with E-state index in [9.17, 15) is 9.59 Å². The van der Waals surface area contributed by atoms with Gasteiger partial charge < -0.3 is 15.4 Å². The summed E-state index contributed by atoms with van der Waals surface area (Å²) >= 11 is 0. The van der Waals surface area contributed by atoms with E-state index in [2.05, 4.69) is 10.6 Å². The van der Waals surface area contributed by atoms with Gasteiger partial charge in [0.05, 0.1) is 5.69 Å². The lowest BCUT2D eigenvalue weighted by Crippen LogP contribution is -2.25. The predicted octanol–water partition coefficient (Wildman–Crippen LogP) is 2.58. The number of carbonyl (C=O) groups excluding carboxylic acids is 2. The molecule has 0 saturated carbocycles. The molecule has 1 aliphatic rings. The van der Waals surface area contributed by atoms with Gasteiger partial charge in [-0.2, -0.15) is 0 Å². The summed E-state index contributed by atoms with van der Waals surface area (Å²) in [6, 6.07) is 12.5. The van der Waals surface area contributed by atoms with Crippen LogP contribution < -0.4 is 15.4 Å². The van der Waals surface area contributed by atoms with Crippen LogP contribution in [0.5, 0.6) is 5.75 Å². The van der Waals surface area contributed by atoms with Crippen molar-refractivity contribution in [2.24, 2.45) is 0 Å². The highest BCUT2D eigenvalue weighted by molar-refractivity contribution is 6.06. The van der Waals surface area contributed by atoms with E-state index in [0.717, 1.165) is 5.56 Å². The number of carbonyl (C=O) groups is 2. The van der Waals surface area contributed by atoms with Crippen molar-refractivity contribution < 1.29 is 14.3 Å². The number of benzene rings is 2. The smallest absolute Gasteiger partial charge is 0.262 e. The Kier molecular flexibility index (Phi) is 3.31. The van der Waals surface area contributed by atoms with Gasteiger partial charge in [-0.15, -0.1) is 0 Å². The third-order valence-corrected chi connectivity index (χ3v) is 3.26. The monoisotopic (exact) mass is 282 g/mol.